The third-order valence-electron chi connectivity index (χ3n) is 5.89. The van der Waals surface area contributed by atoms with Crippen molar-refractivity contribution in [3.63, 3.8) is 0 Å². The van der Waals surface area contributed by atoms with Crippen molar-refractivity contribution in [1.29, 1.82) is 0 Å². The first-order valence-electron chi connectivity index (χ1n) is 9.65. The lowest BCUT2D eigenvalue weighted by atomic mass is 10.1. The Kier molecular flexibility index (Phi) is 4.53. The summed E-state index contributed by atoms with van der Waals surface area (Å²) in [6.07, 6.45) is 2.32. The molecule has 7 heteroatoms. The molecule has 2 aromatic heterocycles. The molecule has 1 saturated heterocycles. The molecular formula is C21H27N5O2. The van der Waals surface area contributed by atoms with Crippen LogP contribution in [0.4, 0.5) is 11.5 Å². The van der Waals surface area contributed by atoms with Gasteiger partial charge in [-0.3, -0.25) is 9.48 Å². The average molecular weight is 381 g/mol. The topological polar surface area (TPSA) is 64.3 Å². The van der Waals surface area contributed by atoms with Gasteiger partial charge in [-0.2, -0.15) is 5.10 Å². The highest BCUT2D eigenvalue weighted by molar-refractivity contribution is 6.15. The monoisotopic (exact) mass is 381 g/mol. The molecule has 28 heavy (non-hydrogen) atoms. The van der Waals surface area contributed by atoms with Gasteiger partial charge in [0.2, 0.25) is 0 Å². The van der Waals surface area contributed by atoms with Crippen LogP contribution >= 0.6 is 0 Å². The van der Waals surface area contributed by atoms with Crippen LogP contribution in [-0.2, 0) is 14.1 Å². The molecule has 3 aromatic rings. The van der Waals surface area contributed by atoms with Gasteiger partial charge in [-0.15, -0.1) is 0 Å². The molecule has 0 spiro atoms. The van der Waals surface area contributed by atoms with E-state index in [4.69, 9.17) is 4.74 Å². The average Bonchev–Trinajstić information content (AvgIpc) is 3.37. The fourth-order valence-corrected chi connectivity index (χ4v) is 4.03. The van der Waals surface area contributed by atoms with Gasteiger partial charge in [-0.1, -0.05) is 0 Å². The molecule has 4 rings (SSSR count). The van der Waals surface area contributed by atoms with E-state index in [2.05, 4.69) is 15.3 Å². The van der Waals surface area contributed by atoms with Crippen LogP contribution in [0.3, 0.4) is 0 Å². The molecule has 1 N–H and O–H groups in total. The summed E-state index contributed by atoms with van der Waals surface area (Å²) >= 11 is 0. The second-order valence-corrected chi connectivity index (χ2v) is 7.46. The Morgan fingerprint density at radius 1 is 1.14 bits per heavy atom. The number of aryl methyl sites for hydroxylation is 2. The highest BCUT2D eigenvalue weighted by Crippen LogP contribution is 2.33. The maximum absolute atomic E-state index is 13.4. The molecule has 1 fully saturated rings. The van der Waals surface area contributed by atoms with Crippen LogP contribution in [0.1, 0.15) is 34.6 Å². The largest absolute Gasteiger partial charge is 0.497 e. The number of hydrogen-bond acceptors (Lipinski definition) is 4. The number of methoxy groups -OCH3 is 1. The number of carbonyl (C=O) groups is 1. The van der Waals surface area contributed by atoms with Crippen LogP contribution in [0.5, 0.6) is 5.75 Å². The number of carbonyl (C=O) groups excluding carboxylic acids is 1. The van der Waals surface area contributed by atoms with E-state index >= 15 is 0 Å². The number of anilines is 2. The Labute approximate surface area is 164 Å². The Morgan fingerprint density at radius 2 is 1.86 bits per heavy atom. The van der Waals surface area contributed by atoms with Gasteiger partial charge >= 0.3 is 0 Å². The minimum atomic E-state index is -0.118. The predicted octanol–water partition coefficient (Wildman–Crippen LogP) is 3.39. The van der Waals surface area contributed by atoms with Crippen LogP contribution < -0.4 is 15.0 Å². The van der Waals surface area contributed by atoms with E-state index < -0.39 is 0 Å². The number of amides is 1. The summed E-state index contributed by atoms with van der Waals surface area (Å²) in [5, 5.41) is 8.71. The molecular weight excluding hydrogens is 354 g/mol. The first-order valence-corrected chi connectivity index (χ1v) is 9.65. The zero-order chi connectivity index (χ0) is 20.0. The Bertz CT molecular complexity index is 1060. The van der Waals surface area contributed by atoms with Crippen molar-refractivity contribution in [3.8, 4) is 5.75 Å². The van der Waals surface area contributed by atoms with E-state index in [9.17, 15) is 4.79 Å². The molecule has 0 aliphatic carbocycles. The molecule has 3 heterocycles. The third-order valence-corrected chi connectivity index (χ3v) is 5.89. The molecule has 0 atom stereocenters. The van der Waals surface area contributed by atoms with Crippen molar-refractivity contribution >= 4 is 28.3 Å². The standard InChI is InChI=1S/C21H27N5O2/c1-13-18(16-12-15(28-5)8-9-17(16)24(13)3)21(27)22-19-14(2)25(4)23-20(19)26-10-6-7-11-26/h8-9,12H,6-7,10-11H2,1-5H3,(H,22,27). The highest BCUT2D eigenvalue weighted by atomic mass is 16.5. The maximum atomic E-state index is 13.4. The fourth-order valence-electron chi connectivity index (χ4n) is 4.03. The lowest BCUT2D eigenvalue weighted by molar-refractivity contribution is 0.102. The fraction of sp³-hybridized carbons (Fsp3) is 0.429. The second-order valence-electron chi connectivity index (χ2n) is 7.46. The summed E-state index contributed by atoms with van der Waals surface area (Å²) in [6, 6.07) is 5.83. The first kappa shape index (κ1) is 18.4. The third kappa shape index (κ3) is 2.82. The Balaban J connectivity index is 1.77. The molecule has 0 bridgehead atoms. The van der Waals surface area contributed by atoms with E-state index in [1.54, 1.807) is 7.11 Å². The van der Waals surface area contributed by atoms with E-state index in [0.29, 0.717) is 5.56 Å². The maximum Gasteiger partial charge on any atom is 0.258 e. The van der Waals surface area contributed by atoms with Crippen LogP contribution in [0, 0.1) is 13.8 Å². The van der Waals surface area contributed by atoms with Gasteiger partial charge in [0.1, 0.15) is 11.4 Å². The predicted molar refractivity (Wildman–Crippen MR) is 112 cm³/mol. The number of ether oxygens (including phenoxy) is 1. The smallest absolute Gasteiger partial charge is 0.258 e. The van der Waals surface area contributed by atoms with Crippen molar-refractivity contribution in [3.05, 3.63) is 35.2 Å². The van der Waals surface area contributed by atoms with Crippen LogP contribution in [-0.4, -0.2) is 40.5 Å². The van der Waals surface area contributed by atoms with E-state index in [1.807, 2.05) is 55.4 Å². The number of aromatic nitrogens is 3. The van der Waals surface area contributed by atoms with Gasteiger partial charge in [-0.25, -0.2) is 0 Å². The van der Waals surface area contributed by atoms with Gasteiger partial charge in [0.15, 0.2) is 5.82 Å². The molecule has 1 aliphatic heterocycles. The Hall–Kier alpha value is -2.96. The minimum absolute atomic E-state index is 0.118. The number of nitrogens with one attached hydrogen (secondary N) is 1. The van der Waals surface area contributed by atoms with Crippen molar-refractivity contribution in [2.75, 3.05) is 30.4 Å². The SMILES string of the molecule is COc1ccc2c(c1)c(C(=O)Nc1c(N3CCCC3)nn(C)c1C)c(C)n2C. The van der Waals surface area contributed by atoms with Gasteiger partial charge in [0.25, 0.3) is 5.91 Å². The quantitative estimate of drug-likeness (QED) is 0.752. The van der Waals surface area contributed by atoms with Gasteiger partial charge < -0.3 is 19.5 Å². The molecule has 7 nitrogen and oxygen atoms in total. The van der Waals surface area contributed by atoms with Crippen LogP contribution in [0.2, 0.25) is 0 Å². The number of benzene rings is 1. The molecule has 0 saturated carbocycles. The number of fused-ring (bicyclic) bond motifs is 1. The summed E-state index contributed by atoms with van der Waals surface area (Å²) in [7, 11) is 5.53. The molecule has 0 unspecified atom stereocenters. The van der Waals surface area contributed by atoms with Gasteiger partial charge in [0.05, 0.1) is 18.4 Å². The van der Waals surface area contributed by atoms with Gasteiger partial charge in [-0.05, 0) is 44.9 Å². The van der Waals surface area contributed by atoms with Crippen LogP contribution in [0.15, 0.2) is 18.2 Å². The van der Waals surface area contributed by atoms with Crippen molar-refractivity contribution in [2.24, 2.45) is 14.1 Å². The summed E-state index contributed by atoms with van der Waals surface area (Å²) in [6.45, 7) is 5.91. The summed E-state index contributed by atoms with van der Waals surface area (Å²) in [4.78, 5) is 15.6. The zero-order valence-corrected chi connectivity index (χ0v) is 17.2. The van der Waals surface area contributed by atoms with Crippen molar-refractivity contribution in [1.82, 2.24) is 14.3 Å². The second kappa shape index (κ2) is 6.89. The molecule has 1 amide bonds. The normalized spacial score (nSPS) is 14.1. The van der Waals surface area contributed by atoms with Crippen molar-refractivity contribution < 1.29 is 9.53 Å². The molecule has 148 valence electrons. The van der Waals surface area contributed by atoms with Crippen molar-refractivity contribution in [2.45, 2.75) is 26.7 Å². The van der Waals surface area contributed by atoms with Gasteiger partial charge in [0, 0.05) is 43.8 Å². The van der Waals surface area contributed by atoms with E-state index in [-0.39, 0.29) is 5.91 Å². The highest BCUT2D eigenvalue weighted by Gasteiger charge is 2.25. The van der Waals surface area contributed by atoms with E-state index in [1.165, 1.54) is 0 Å². The zero-order valence-electron chi connectivity index (χ0n) is 17.2. The lowest BCUT2D eigenvalue weighted by Crippen LogP contribution is -2.21. The number of rotatable bonds is 4. The molecule has 0 radical (unpaired) electrons. The summed E-state index contributed by atoms with van der Waals surface area (Å²) in [5.41, 5.74) is 4.35. The molecule has 1 aliphatic rings. The first-order chi connectivity index (χ1) is 13.4. The lowest BCUT2D eigenvalue weighted by Gasteiger charge is -2.17. The van der Waals surface area contributed by atoms with E-state index in [0.717, 1.165) is 65.5 Å². The summed E-state index contributed by atoms with van der Waals surface area (Å²) < 4.78 is 9.25. The number of hydrogen-bond donors (Lipinski definition) is 1. The number of nitrogens with zero attached hydrogens (tertiary/aromatic N) is 4. The minimum Gasteiger partial charge on any atom is -0.497 e. The summed E-state index contributed by atoms with van der Waals surface area (Å²) in [5.74, 6) is 1.48. The van der Waals surface area contributed by atoms with Crippen LogP contribution in [0.25, 0.3) is 10.9 Å². The Morgan fingerprint density at radius 3 is 2.54 bits per heavy atom. The molecule has 1 aromatic carbocycles.